The number of likely N-dealkylation sites (N-methyl/N-ethyl adjacent to an activating group) is 1. The number of fused-ring (bicyclic) bond motifs is 1. The highest BCUT2D eigenvalue weighted by molar-refractivity contribution is 6.33. The Hall–Kier alpha value is -2.64. The topological polar surface area (TPSA) is 94.1 Å². The predicted octanol–water partition coefficient (Wildman–Crippen LogP) is 3.10. The summed E-state index contributed by atoms with van der Waals surface area (Å²) in [4.78, 5) is 25.5. The van der Waals surface area contributed by atoms with E-state index in [1.165, 1.54) is 0 Å². The van der Waals surface area contributed by atoms with Gasteiger partial charge < -0.3 is 20.3 Å². The van der Waals surface area contributed by atoms with Crippen LogP contribution in [0.1, 0.15) is 6.42 Å². The number of likely N-dealkylation sites (tertiary alicyclic amines) is 1. The molecule has 1 aromatic carbocycles. The maximum Gasteiger partial charge on any atom is 0.307 e. The number of aromatic nitrogens is 3. The number of carboxylic acid groups (broad SMARTS) is 1. The van der Waals surface area contributed by atoms with E-state index in [1.54, 1.807) is 6.20 Å². The highest BCUT2D eigenvalue weighted by atomic mass is 35.5. The molecule has 0 radical (unpaired) electrons. The number of hydrogen-bond donors (Lipinski definition) is 3. The van der Waals surface area contributed by atoms with Crippen molar-refractivity contribution >= 4 is 34.4 Å². The molecule has 3 N–H and O–H groups in total. The van der Waals surface area contributed by atoms with Gasteiger partial charge in [0.2, 0.25) is 5.95 Å². The van der Waals surface area contributed by atoms with Gasteiger partial charge in [-0.15, -0.1) is 0 Å². The third-order valence-corrected chi connectivity index (χ3v) is 5.18. The number of anilines is 1. The van der Waals surface area contributed by atoms with Crippen LogP contribution < -0.4 is 5.32 Å². The number of nitrogens with zero attached hydrogens (tertiary/aromatic N) is 3. The molecule has 1 fully saturated rings. The SMILES string of the molecule is CN1CC(Nc2ncc(Cl)c(-c3c[nH]c4ccccc34)n2)CC(C(=O)O)C1. The van der Waals surface area contributed by atoms with Crippen LogP contribution in [0.4, 0.5) is 5.95 Å². The second-order valence-corrected chi connectivity index (χ2v) is 7.38. The largest absolute Gasteiger partial charge is 0.481 e. The zero-order valence-corrected chi connectivity index (χ0v) is 15.6. The van der Waals surface area contributed by atoms with Crippen LogP contribution in [0, 0.1) is 5.92 Å². The molecule has 2 aromatic heterocycles. The summed E-state index contributed by atoms with van der Waals surface area (Å²) in [5, 5.41) is 14.1. The Morgan fingerprint density at radius 1 is 1.37 bits per heavy atom. The molecule has 2 unspecified atom stereocenters. The van der Waals surface area contributed by atoms with Gasteiger partial charge in [0, 0.05) is 41.8 Å². The van der Waals surface area contributed by atoms with Gasteiger partial charge in [-0.2, -0.15) is 0 Å². The van der Waals surface area contributed by atoms with Crippen molar-refractivity contribution in [3.8, 4) is 11.3 Å². The lowest BCUT2D eigenvalue weighted by atomic mass is 9.95. The molecule has 0 spiro atoms. The predicted molar refractivity (Wildman–Crippen MR) is 105 cm³/mol. The molecule has 0 saturated carbocycles. The van der Waals surface area contributed by atoms with Crippen LogP contribution in [0.2, 0.25) is 5.02 Å². The maximum atomic E-state index is 11.4. The standard InChI is InChI=1S/C19H20ClN5O2/c1-25-9-11(18(26)27)6-12(10-25)23-19-22-8-15(20)17(24-19)14-7-21-16-5-3-2-4-13(14)16/h2-5,7-8,11-12,21H,6,9-10H2,1H3,(H,26,27)(H,22,23,24). The number of carboxylic acids is 1. The number of H-pyrrole nitrogens is 1. The van der Waals surface area contributed by atoms with Gasteiger partial charge >= 0.3 is 5.97 Å². The van der Waals surface area contributed by atoms with E-state index in [0.29, 0.717) is 29.6 Å². The molecule has 1 saturated heterocycles. The average molecular weight is 386 g/mol. The van der Waals surface area contributed by atoms with Crippen molar-refractivity contribution in [1.29, 1.82) is 0 Å². The van der Waals surface area contributed by atoms with Crippen molar-refractivity contribution < 1.29 is 9.90 Å². The van der Waals surface area contributed by atoms with Crippen LogP contribution >= 0.6 is 11.6 Å². The fourth-order valence-corrected chi connectivity index (χ4v) is 3.87. The normalized spacial score (nSPS) is 20.7. The average Bonchev–Trinajstić information content (AvgIpc) is 3.07. The molecule has 3 aromatic rings. The lowest BCUT2D eigenvalue weighted by molar-refractivity contribution is -0.143. The number of hydrogen-bond acceptors (Lipinski definition) is 5. The molecular weight excluding hydrogens is 366 g/mol. The minimum atomic E-state index is -0.773. The Kier molecular flexibility index (Phi) is 4.72. The molecule has 0 bridgehead atoms. The zero-order chi connectivity index (χ0) is 19.0. The number of piperidine rings is 1. The van der Waals surface area contributed by atoms with Gasteiger partial charge in [-0.3, -0.25) is 4.79 Å². The molecular formula is C19H20ClN5O2. The van der Waals surface area contributed by atoms with E-state index >= 15 is 0 Å². The van der Waals surface area contributed by atoms with E-state index in [4.69, 9.17) is 11.6 Å². The Balaban J connectivity index is 1.62. The van der Waals surface area contributed by atoms with Crippen LogP contribution in [0.3, 0.4) is 0 Å². The molecule has 2 atom stereocenters. The molecule has 0 aliphatic carbocycles. The van der Waals surface area contributed by atoms with E-state index in [9.17, 15) is 9.90 Å². The summed E-state index contributed by atoms with van der Waals surface area (Å²) in [6, 6.07) is 7.91. The van der Waals surface area contributed by atoms with E-state index in [1.807, 2.05) is 42.4 Å². The number of halogens is 1. The van der Waals surface area contributed by atoms with Crippen LogP contribution in [-0.4, -0.2) is 57.1 Å². The van der Waals surface area contributed by atoms with Gasteiger partial charge in [-0.05, 0) is 19.5 Å². The van der Waals surface area contributed by atoms with Gasteiger partial charge in [0.1, 0.15) is 0 Å². The van der Waals surface area contributed by atoms with Crippen molar-refractivity contribution in [2.24, 2.45) is 5.92 Å². The van der Waals surface area contributed by atoms with Crippen LogP contribution in [0.5, 0.6) is 0 Å². The number of aromatic amines is 1. The first-order chi connectivity index (χ1) is 13.0. The van der Waals surface area contributed by atoms with Gasteiger partial charge in [-0.25, -0.2) is 9.97 Å². The number of aliphatic carboxylic acids is 1. The third kappa shape index (κ3) is 3.61. The molecule has 1 aliphatic rings. The second-order valence-electron chi connectivity index (χ2n) is 6.97. The highest BCUT2D eigenvalue weighted by Gasteiger charge is 2.30. The zero-order valence-electron chi connectivity index (χ0n) is 14.8. The van der Waals surface area contributed by atoms with Crippen LogP contribution in [0.15, 0.2) is 36.7 Å². The Morgan fingerprint density at radius 3 is 3.00 bits per heavy atom. The number of nitrogens with one attached hydrogen (secondary N) is 2. The van der Waals surface area contributed by atoms with Crippen molar-refractivity contribution in [3.63, 3.8) is 0 Å². The monoisotopic (exact) mass is 385 g/mol. The molecule has 140 valence electrons. The second kappa shape index (κ2) is 7.17. The molecule has 1 aliphatic heterocycles. The summed E-state index contributed by atoms with van der Waals surface area (Å²) < 4.78 is 0. The lowest BCUT2D eigenvalue weighted by Gasteiger charge is -2.34. The molecule has 3 heterocycles. The Bertz CT molecular complexity index is 989. The van der Waals surface area contributed by atoms with Crippen molar-refractivity contribution in [3.05, 3.63) is 41.7 Å². The molecule has 8 heteroatoms. The highest BCUT2D eigenvalue weighted by Crippen LogP contribution is 2.32. The number of para-hydroxylation sites is 1. The summed E-state index contributed by atoms with van der Waals surface area (Å²) in [5.41, 5.74) is 2.56. The summed E-state index contributed by atoms with van der Waals surface area (Å²) in [7, 11) is 1.92. The number of carbonyl (C=O) groups is 1. The lowest BCUT2D eigenvalue weighted by Crippen LogP contribution is -2.46. The van der Waals surface area contributed by atoms with Crippen molar-refractivity contribution in [2.75, 3.05) is 25.5 Å². The number of benzene rings is 1. The van der Waals surface area contributed by atoms with Gasteiger partial charge in [0.15, 0.2) is 0 Å². The van der Waals surface area contributed by atoms with E-state index in [2.05, 4.69) is 20.3 Å². The quantitative estimate of drug-likeness (QED) is 0.639. The van der Waals surface area contributed by atoms with Crippen molar-refractivity contribution in [2.45, 2.75) is 12.5 Å². The molecule has 4 rings (SSSR count). The Labute approximate surface area is 161 Å². The third-order valence-electron chi connectivity index (χ3n) is 4.90. The summed E-state index contributed by atoms with van der Waals surface area (Å²) >= 11 is 6.37. The van der Waals surface area contributed by atoms with Crippen LogP contribution in [0.25, 0.3) is 22.2 Å². The molecule has 27 heavy (non-hydrogen) atoms. The Morgan fingerprint density at radius 2 is 2.19 bits per heavy atom. The first-order valence-corrected chi connectivity index (χ1v) is 9.16. The fourth-order valence-electron chi connectivity index (χ4n) is 3.68. The summed E-state index contributed by atoms with van der Waals surface area (Å²) in [5.74, 6) is -0.726. The van der Waals surface area contributed by atoms with Gasteiger partial charge in [0.25, 0.3) is 0 Å². The van der Waals surface area contributed by atoms with E-state index < -0.39 is 11.9 Å². The minimum absolute atomic E-state index is 0.0400. The van der Waals surface area contributed by atoms with E-state index in [-0.39, 0.29) is 6.04 Å². The van der Waals surface area contributed by atoms with E-state index in [0.717, 1.165) is 23.0 Å². The fraction of sp³-hybridized carbons (Fsp3) is 0.316. The van der Waals surface area contributed by atoms with Gasteiger partial charge in [-0.1, -0.05) is 29.8 Å². The first kappa shape index (κ1) is 17.8. The summed E-state index contributed by atoms with van der Waals surface area (Å²) in [6.07, 6.45) is 4.00. The summed E-state index contributed by atoms with van der Waals surface area (Å²) in [6.45, 7) is 1.29. The molecule has 7 nitrogen and oxygen atoms in total. The smallest absolute Gasteiger partial charge is 0.307 e. The first-order valence-electron chi connectivity index (χ1n) is 8.78. The number of rotatable bonds is 4. The molecule has 0 amide bonds. The maximum absolute atomic E-state index is 11.4. The van der Waals surface area contributed by atoms with Crippen molar-refractivity contribution in [1.82, 2.24) is 19.9 Å². The van der Waals surface area contributed by atoms with Crippen LogP contribution in [-0.2, 0) is 4.79 Å². The van der Waals surface area contributed by atoms with Gasteiger partial charge in [0.05, 0.1) is 22.8 Å². The minimum Gasteiger partial charge on any atom is -0.481 e.